The maximum absolute atomic E-state index is 13.5. The van der Waals surface area contributed by atoms with Crippen molar-refractivity contribution in [3.8, 4) is 5.75 Å². The number of hydrogen-bond acceptors (Lipinski definition) is 6. The van der Waals surface area contributed by atoms with Crippen LogP contribution in [-0.2, 0) is 9.53 Å². The molecule has 1 aromatic heterocycles. The van der Waals surface area contributed by atoms with Crippen LogP contribution >= 0.6 is 15.9 Å². The molecule has 4 rings (SSSR count). The molecular formula is C28H28BrN3O4. The topological polar surface area (TPSA) is 82.8 Å². The van der Waals surface area contributed by atoms with Crippen LogP contribution in [0.25, 0.3) is 21.7 Å². The zero-order valence-corrected chi connectivity index (χ0v) is 22.3. The molecule has 0 bridgehead atoms. The van der Waals surface area contributed by atoms with E-state index in [1.807, 2.05) is 56.3 Å². The van der Waals surface area contributed by atoms with Gasteiger partial charge in [0.05, 0.1) is 23.7 Å². The third-order valence-corrected chi connectivity index (χ3v) is 6.54. The first-order chi connectivity index (χ1) is 17.3. The summed E-state index contributed by atoms with van der Waals surface area (Å²) in [7, 11) is 0. The third kappa shape index (κ3) is 5.18. The van der Waals surface area contributed by atoms with Crippen LogP contribution in [0.15, 0.2) is 69.0 Å². The fraction of sp³-hybridized carbons (Fsp3) is 0.286. The van der Waals surface area contributed by atoms with E-state index in [9.17, 15) is 9.59 Å². The lowest BCUT2D eigenvalue weighted by Gasteiger charge is -2.17. The first-order valence-corrected chi connectivity index (χ1v) is 12.7. The Balaban J connectivity index is 1.88. The van der Waals surface area contributed by atoms with Crippen molar-refractivity contribution in [2.75, 3.05) is 6.61 Å². The molecule has 186 valence electrons. The summed E-state index contributed by atoms with van der Waals surface area (Å²) in [5.41, 5.74) is 1.03. The minimum atomic E-state index is -0.809. The lowest BCUT2D eigenvalue weighted by Crippen LogP contribution is -2.26. The van der Waals surface area contributed by atoms with Gasteiger partial charge in [0.2, 0.25) is 0 Å². The number of fused-ring (bicyclic) bond motifs is 2. The van der Waals surface area contributed by atoms with Crippen molar-refractivity contribution < 1.29 is 14.3 Å². The fourth-order valence-electron chi connectivity index (χ4n) is 3.90. The molecule has 0 radical (unpaired) electrons. The molecule has 0 spiro atoms. The minimum absolute atomic E-state index is 0.00923. The molecule has 8 heteroatoms. The van der Waals surface area contributed by atoms with Crippen molar-refractivity contribution in [1.29, 1.82) is 0 Å². The van der Waals surface area contributed by atoms with E-state index in [-0.39, 0.29) is 18.1 Å². The number of aromatic nitrogens is 2. The Kier molecular flexibility index (Phi) is 7.84. The van der Waals surface area contributed by atoms with E-state index in [2.05, 4.69) is 21.0 Å². The van der Waals surface area contributed by atoms with Crippen LogP contribution in [0.4, 0.5) is 0 Å². The summed E-state index contributed by atoms with van der Waals surface area (Å²) in [6.07, 6.45) is 1.59. The molecule has 7 nitrogen and oxygen atoms in total. The first kappa shape index (κ1) is 25.6. The average molecular weight is 550 g/mol. The quantitative estimate of drug-likeness (QED) is 0.197. The lowest BCUT2D eigenvalue weighted by molar-refractivity contribution is -0.150. The SMILES string of the molecule is CCOC(=O)[C@@H](C)Oc1ccc2ccccc2c1C=Nn1c([C@H](C)CC)nc2ccc(Br)cc2c1=O. The highest BCUT2D eigenvalue weighted by molar-refractivity contribution is 9.10. The van der Waals surface area contributed by atoms with Crippen LogP contribution in [0.2, 0.25) is 0 Å². The predicted molar refractivity (Wildman–Crippen MR) is 146 cm³/mol. The molecule has 0 aliphatic carbocycles. The van der Waals surface area contributed by atoms with Crippen LogP contribution in [0.3, 0.4) is 0 Å². The molecular weight excluding hydrogens is 522 g/mol. The maximum Gasteiger partial charge on any atom is 0.347 e. The van der Waals surface area contributed by atoms with Crippen molar-refractivity contribution in [1.82, 2.24) is 9.66 Å². The van der Waals surface area contributed by atoms with Gasteiger partial charge in [-0.05, 0) is 55.3 Å². The Labute approximate surface area is 217 Å². The second-order valence-corrected chi connectivity index (χ2v) is 9.43. The van der Waals surface area contributed by atoms with E-state index in [4.69, 9.17) is 14.5 Å². The number of ether oxygens (including phenoxy) is 2. The van der Waals surface area contributed by atoms with Gasteiger partial charge >= 0.3 is 5.97 Å². The monoisotopic (exact) mass is 549 g/mol. The molecule has 2 atom stereocenters. The number of nitrogens with zero attached hydrogens (tertiary/aromatic N) is 3. The van der Waals surface area contributed by atoms with Crippen molar-refractivity contribution >= 4 is 49.8 Å². The Bertz CT molecular complexity index is 1510. The standard InChI is InChI=1S/C28H28BrN3O4/c1-5-17(3)26-31-24-13-12-20(29)15-22(24)27(33)32(26)30-16-23-21-10-8-7-9-19(21)11-14-25(23)36-18(4)28(34)35-6-2/h7-18H,5-6H2,1-4H3/t17-,18-/m1/s1. The Morgan fingerprint density at radius 3 is 2.64 bits per heavy atom. The molecule has 0 N–H and O–H groups in total. The normalized spacial score (nSPS) is 13.2. The van der Waals surface area contributed by atoms with Gasteiger partial charge in [-0.25, -0.2) is 9.78 Å². The van der Waals surface area contributed by atoms with Gasteiger partial charge in [0.15, 0.2) is 6.10 Å². The molecule has 0 fully saturated rings. The number of esters is 1. The second kappa shape index (κ2) is 11.0. The van der Waals surface area contributed by atoms with Crippen LogP contribution < -0.4 is 10.3 Å². The van der Waals surface area contributed by atoms with Gasteiger partial charge < -0.3 is 9.47 Å². The summed E-state index contributed by atoms with van der Waals surface area (Å²) in [5, 5.41) is 6.96. The number of carbonyl (C=O) groups is 1. The zero-order chi connectivity index (χ0) is 25.8. The zero-order valence-electron chi connectivity index (χ0n) is 20.7. The Morgan fingerprint density at radius 1 is 1.11 bits per heavy atom. The Morgan fingerprint density at radius 2 is 1.89 bits per heavy atom. The number of benzene rings is 3. The number of hydrogen-bond donors (Lipinski definition) is 0. The molecule has 0 saturated heterocycles. The van der Waals surface area contributed by atoms with Gasteiger partial charge in [0, 0.05) is 16.0 Å². The molecule has 0 amide bonds. The van der Waals surface area contributed by atoms with Crippen LogP contribution in [0.1, 0.15) is 51.4 Å². The first-order valence-electron chi connectivity index (χ1n) is 12.0. The van der Waals surface area contributed by atoms with Gasteiger partial charge in [0.1, 0.15) is 11.6 Å². The second-order valence-electron chi connectivity index (χ2n) is 8.51. The Hall–Kier alpha value is -3.52. The van der Waals surface area contributed by atoms with Crippen LogP contribution in [0, 0.1) is 0 Å². The van der Waals surface area contributed by atoms with E-state index in [0.29, 0.717) is 28.0 Å². The third-order valence-electron chi connectivity index (χ3n) is 6.04. The van der Waals surface area contributed by atoms with Gasteiger partial charge in [-0.3, -0.25) is 4.79 Å². The fourth-order valence-corrected chi connectivity index (χ4v) is 4.27. The average Bonchev–Trinajstić information content (AvgIpc) is 2.88. The van der Waals surface area contributed by atoms with Gasteiger partial charge in [-0.2, -0.15) is 9.78 Å². The summed E-state index contributed by atoms with van der Waals surface area (Å²) in [6.45, 7) is 7.73. The highest BCUT2D eigenvalue weighted by Gasteiger charge is 2.19. The summed E-state index contributed by atoms with van der Waals surface area (Å²) in [6, 6.07) is 17.0. The van der Waals surface area contributed by atoms with Gasteiger partial charge in [-0.15, -0.1) is 0 Å². The number of rotatable bonds is 8. The van der Waals surface area contributed by atoms with Crippen LogP contribution in [-0.4, -0.2) is 34.6 Å². The van der Waals surface area contributed by atoms with Gasteiger partial charge in [0.25, 0.3) is 5.56 Å². The van der Waals surface area contributed by atoms with Crippen molar-refractivity contribution in [3.63, 3.8) is 0 Å². The van der Waals surface area contributed by atoms with Crippen LogP contribution in [0.5, 0.6) is 5.75 Å². The summed E-state index contributed by atoms with van der Waals surface area (Å²) in [5.74, 6) is 0.604. The van der Waals surface area contributed by atoms with E-state index in [0.717, 1.165) is 21.7 Å². The maximum atomic E-state index is 13.5. The molecule has 36 heavy (non-hydrogen) atoms. The number of halogens is 1. The summed E-state index contributed by atoms with van der Waals surface area (Å²) < 4.78 is 13.2. The molecule has 1 heterocycles. The molecule has 3 aromatic carbocycles. The summed E-state index contributed by atoms with van der Waals surface area (Å²) >= 11 is 3.44. The van der Waals surface area contributed by atoms with Crippen molar-refractivity contribution in [2.45, 2.75) is 46.1 Å². The molecule has 0 unspecified atom stereocenters. The molecule has 4 aromatic rings. The highest BCUT2D eigenvalue weighted by atomic mass is 79.9. The van der Waals surface area contributed by atoms with E-state index < -0.39 is 12.1 Å². The largest absolute Gasteiger partial charge is 0.478 e. The lowest BCUT2D eigenvalue weighted by atomic mass is 10.0. The van der Waals surface area contributed by atoms with Gasteiger partial charge in [-0.1, -0.05) is 60.1 Å². The molecule has 0 saturated carbocycles. The highest BCUT2D eigenvalue weighted by Crippen LogP contribution is 2.28. The van der Waals surface area contributed by atoms with Crippen molar-refractivity contribution in [3.05, 3.63) is 80.8 Å². The minimum Gasteiger partial charge on any atom is -0.478 e. The van der Waals surface area contributed by atoms with E-state index in [1.54, 1.807) is 32.2 Å². The molecule has 0 aliphatic heterocycles. The summed E-state index contributed by atoms with van der Waals surface area (Å²) in [4.78, 5) is 30.5. The molecule has 0 aliphatic rings. The number of carbonyl (C=O) groups excluding carboxylic acids is 1. The van der Waals surface area contributed by atoms with Crippen molar-refractivity contribution in [2.24, 2.45) is 5.10 Å². The predicted octanol–water partition coefficient (Wildman–Crippen LogP) is 6.04. The van der Waals surface area contributed by atoms with E-state index >= 15 is 0 Å². The van der Waals surface area contributed by atoms with E-state index in [1.165, 1.54) is 4.68 Å². The smallest absolute Gasteiger partial charge is 0.347 e.